The minimum atomic E-state index is -4.00. The smallest absolute Gasteiger partial charge is 0.257 e. The molecule has 150 valence electrons. The summed E-state index contributed by atoms with van der Waals surface area (Å²) < 4.78 is 58.2. The predicted octanol–water partition coefficient (Wildman–Crippen LogP) is 2.14. The number of benzene rings is 2. The van der Waals surface area contributed by atoms with Gasteiger partial charge in [-0.1, -0.05) is 23.7 Å². The van der Waals surface area contributed by atoms with E-state index in [1.54, 1.807) is 0 Å². The van der Waals surface area contributed by atoms with Crippen molar-refractivity contribution in [2.24, 2.45) is 0 Å². The van der Waals surface area contributed by atoms with Gasteiger partial charge in [0.05, 0.1) is 32.7 Å². The van der Waals surface area contributed by atoms with Crippen molar-refractivity contribution in [3.8, 4) is 11.5 Å². The van der Waals surface area contributed by atoms with Gasteiger partial charge in [0.2, 0.25) is 6.79 Å². The molecular weight excluding hydrogens is 430 g/mol. The van der Waals surface area contributed by atoms with Crippen LogP contribution in [0.1, 0.15) is 10.4 Å². The molecule has 0 saturated heterocycles. The molecule has 0 radical (unpaired) electrons. The molecule has 1 aliphatic heterocycles. The van der Waals surface area contributed by atoms with Crippen LogP contribution in [0.25, 0.3) is 0 Å². The monoisotopic (exact) mass is 445 g/mol. The van der Waals surface area contributed by atoms with E-state index in [0.29, 0.717) is 11.5 Å². The molecule has 0 saturated carbocycles. The quantitative estimate of drug-likeness (QED) is 0.724. The van der Waals surface area contributed by atoms with Crippen LogP contribution in [0, 0.1) is 0 Å². The number of carbonyl (C=O) groups excluding carboxylic acids is 1. The molecule has 1 aliphatic rings. The van der Waals surface area contributed by atoms with Crippen molar-refractivity contribution in [1.29, 1.82) is 0 Å². The number of carbonyl (C=O) groups is 1. The molecule has 1 amide bonds. The van der Waals surface area contributed by atoms with Gasteiger partial charge in [-0.25, -0.2) is 16.8 Å². The lowest BCUT2D eigenvalue weighted by molar-refractivity contribution is 0.102. The van der Waals surface area contributed by atoms with Crippen molar-refractivity contribution in [1.82, 2.24) is 0 Å². The van der Waals surface area contributed by atoms with E-state index in [4.69, 9.17) is 21.1 Å². The summed E-state index contributed by atoms with van der Waals surface area (Å²) in [6.45, 7) is 0.0322. The number of ether oxygens (including phenoxy) is 2. The number of halogens is 1. The summed E-state index contributed by atoms with van der Waals surface area (Å²) in [7, 11) is -7.48. The molecule has 0 unspecified atom stereocenters. The highest BCUT2D eigenvalue weighted by molar-refractivity contribution is 7.94. The molecule has 1 heterocycles. The Kier molecular flexibility index (Phi) is 5.55. The fraction of sp³-hybridized carbons (Fsp3) is 0.235. The van der Waals surface area contributed by atoms with Crippen LogP contribution in [-0.4, -0.2) is 47.3 Å². The number of fused-ring (bicyclic) bond motifs is 1. The lowest BCUT2D eigenvalue weighted by Gasteiger charge is -2.12. The fourth-order valence-electron chi connectivity index (χ4n) is 2.50. The van der Waals surface area contributed by atoms with Crippen LogP contribution in [-0.2, 0) is 19.7 Å². The van der Waals surface area contributed by atoms with Gasteiger partial charge in [-0.05, 0) is 12.1 Å². The second-order valence-corrected chi connectivity index (χ2v) is 10.8. The first-order valence-electron chi connectivity index (χ1n) is 7.97. The van der Waals surface area contributed by atoms with Crippen LogP contribution in [0.4, 0.5) is 5.69 Å². The van der Waals surface area contributed by atoms with Crippen molar-refractivity contribution in [3.63, 3.8) is 0 Å². The first-order chi connectivity index (χ1) is 13.1. The molecule has 8 nitrogen and oxygen atoms in total. The van der Waals surface area contributed by atoms with Crippen LogP contribution in [0.5, 0.6) is 11.5 Å². The number of sulfone groups is 2. The standard InChI is InChI=1S/C17H16ClNO7S2/c1-27(21,22)6-7-28(23,24)16-5-3-2-4-11(16)17(20)19-13-9-15-14(8-12(13)18)25-10-26-15/h2-5,8-9H,6-7,10H2,1H3,(H,19,20). The van der Waals surface area contributed by atoms with Crippen molar-refractivity contribution in [2.45, 2.75) is 4.90 Å². The lowest BCUT2D eigenvalue weighted by atomic mass is 10.2. The Balaban J connectivity index is 1.90. The zero-order chi connectivity index (χ0) is 20.5. The van der Waals surface area contributed by atoms with Crippen molar-refractivity contribution in [2.75, 3.05) is 29.9 Å². The van der Waals surface area contributed by atoms with Gasteiger partial charge >= 0.3 is 0 Å². The maximum absolute atomic E-state index is 12.7. The van der Waals surface area contributed by atoms with E-state index >= 15 is 0 Å². The largest absolute Gasteiger partial charge is 0.454 e. The summed E-state index contributed by atoms with van der Waals surface area (Å²) in [5.41, 5.74) is 0.101. The summed E-state index contributed by atoms with van der Waals surface area (Å²) in [4.78, 5) is 12.5. The Morgan fingerprint density at radius 1 is 1.07 bits per heavy atom. The van der Waals surface area contributed by atoms with E-state index in [-0.39, 0.29) is 28.0 Å². The van der Waals surface area contributed by atoms with E-state index in [2.05, 4.69) is 5.32 Å². The third-order valence-electron chi connectivity index (χ3n) is 3.90. The van der Waals surface area contributed by atoms with E-state index in [1.165, 1.54) is 36.4 Å². The number of hydrogen-bond acceptors (Lipinski definition) is 7. The van der Waals surface area contributed by atoms with E-state index in [1.807, 2.05) is 0 Å². The van der Waals surface area contributed by atoms with Gasteiger partial charge in [0.1, 0.15) is 9.84 Å². The van der Waals surface area contributed by atoms with Crippen LogP contribution in [0.3, 0.4) is 0 Å². The molecule has 3 rings (SSSR count). The number of anilines is 1. The topological polar surface area (TPSA) is 116 Å². The average Bonchev–Trinajstić information content (AvgIpc) is 3.07. The van der Waals surface area contributed by atoms with Gasteiger partial charge in [0.25, 0.3) is 5.91 Å². The second-order valence-electron chi connectivity index (χ2n) is 6.08. The molecule has 2 aromatic carbocycles. The third-order valence-corrected chi connectivity index (χ3v) is 7.18. The molecule has 0 bridgehead atoms. The van der Waals surface area contributed by atoms with Gasteiger partial charge < -0.3 is 14.8 Å². The van der Waals surface area contributed by atoms with Crippen molar-refractivity contribution in [3.05, 3.63) is 47.0 Å². The molecule has 0 fully saturated rings. The van der Waals surface area contributed by atoms with Crippen molar-refractivity contribution >= 4 is 42.9 Å². The highest BCUT2D eigenvalue weighted by Gasteiger charge is 2.25. The highest BCUT2D eigenvalue weighted by Crippen LogP contribution is 2.39. The van der Waals surface area contributed by atoms with Crippen LogP contribution < -0.4 is 14.8 Å². The van der Waals surface area contributed by atoms with E-state index < -0.39 is 37.1 Å². The predicted molar refractivity (Wildman–Crippen MR) is 104 cm³/mol. The second kappa shape index (κ2) is 7.61. The summed E-state index contributed by atoms with van der Waals surface area (Å²) in [5.74, 6) is -1.04. The average molecular weight is 446 g/mol. The summed E-state index contributed by atoms with van der Waals surface area (Å²) in [5, 5.41) is 2.74. The SMILES string of the molecule is CS(=O)(=O)CCS(=O)(=O)c1ccccc1C(=O)Nc1cc2c(cc1Cl)OCO2. The number of rotatable bonds is 6. The van der Waals surface area contributed by atoms with Gasteiger partial charge in [0.15, 0.2) is 21.3 Å². The Morgan fingerprint density at radius 3 is 2.39 bits per heavy atom. The Hall–Kier alpha value is -2.30. The molecule has 0 spiro atoms. The third kappa shape index (κ3) is 4.57. The number of hydrogen-bond donors (Lipinski definition) is 1. The molecule has 0 aliphatic carbocycles. The van der Waals surface area contributed by atoms with Gasteiger partial charge in [-0.15, -0.1) is 0 Å². The van der Waals surface area contributed by atoms with Gasteiger partial charge in [-0.2, -0.15) is 0 Å². The zero-order valence-corrected chi connectivity index (χ0v) is 17.0. The van der Waals surface area contributed by atoms with Crippen LogP contribution >= 0.6 is 11.6 Å². The molecule has 0 atom stereocenters. The van der Waals surface area contributed by atoms with E-state index in [9.17, 15) is 21.6 Å². The summed E-state index contributed by atoms with van der Waals surface area (Å²) in [6, 6.07) is 8.51. The van der Waals surface area contributed by atoms with Gasteiger partial charge in [0, 0.05) is 18.4 Å². The first-order valence-corrected chi connectivity index (χ1v) is 12.1. The zero-order valence-electron chi connectivity index (χ0n) is 14.6. The van der Waals surface area contributed by atoms with Crippen molar-refractivity contribution < 1.29 is 31.1 Å². The molecule has 1 N–H and O–H groups in total. The summed E-state index contributed by atoms with van der Waals surface area (Å²) in [6.07, 6.45) is 0.947. The molecule has 0 aromatic heterocycles. The Morgan fingerprint density at radius 2 is 1.71 bits per heavy atom. The first kappa shape index (κ1) is 20.4. The Bertz CT molecular complexity index is 1140. The maximum Gasteiger partial charge on any atom is 0.257 e. The highest BCUT2D eigenvalue weighted by atomic mass is 35.5. The molecule has 28 heavy (non-hydrogen) atoms. The number of nitrogens with one attached hydrogen (secondary N) is 1. The minimum absolute atomic E-state index is 0.0322. The molecule has 2 aromatic rings. The molecular formula is C17H16ClNO7S2. The normalized spacial score (nSPS) is 13.4. The van der Waals surface area contributed by atoms with Gasteiger partial charge in [-0.3, -0.25) is 4.79 Å². The summed E-state index contributed by atoms with van der Waals surface area (Å²) >= 11 is 6.13. The lowest BCUT2D eigenvalue weighted by Crippen LogP contribution is -2.21. The van der Waals surface area contributed by atoms with Crippen LogP contribution in [0.2, 0.25) is 5.02 Å². The molecule has 11 heteroatoms. The fourth-order valence-corrected chi connectivity index (χ4v) is 5.79. The number of amides is 1. The Labute approximate surface area is 167 Å². The maximum atomic E-state index is 12.7. The van der Waals surface area contributed by atoms with E-state index in [0.717, 1.165) is 6.26 Å². The minimum Gasteiger partial charge on any atom is -0.454 e. The van der Waals surface area contributed by atoms with Crippen LogP contribution in [0.15, 0.2) is 41.3 Å².